The van der Waals surface area contributed by atoms with E-state index < -0.39 is 0 Å². The minimum atomic E-state index is -0.227. The largest absolute Gasteiger partial charge is 0.347 e. The Labute approximate surface area is 145 Å². The molecule has 2 amide bonds. The molecule has 0 spiro atoms. The standard InChI is InChI=1S/C19H16N4O2/c24-18(15-4-3-10-20-13-15)23-16-8-6-14(7-9-16)12-22-19(25)17-5-1-2-11-21-17/h1-11,13H,12H2,(H,22,25)(H,23,24). The zero-order valence-electron chi connectivity index (χ0n) is 13.3. The van der Waals surface area contributed by atoms with Gasteiger partial charge in [0.2, 0.25) is 0 Å². The van der Waals surface area contributed by atoms with Crippen LogP contribution in [0.2, 0.25) is 0 Å². The zero-order valence-corrected chi connectivity index (χ0v) is 13.3. The van der Waals surface area contributed by atoms with Gasteiger partial charge in [0.05, 0.1) is 5.56 Å². The van der Waals surface area contributed by atoms with Crippen molar-refractivity contribution in [2.75, 3.05) is 5.32 Å². The predicted octanol–water partition coefficient (Wildman–Crippen LogP) is 2.66. The van der Waals surface area contributed by atoms with E-state index in [-0.39, 0.29) is 11.8 Å². The van der Waals surface area contributed by atoms with E-state index >= 15 is 0 Å². The van der Waals surface area contributed by atoms with Gasteiger partial charge in [0, 0.05) is 30.8 Å². The second kappa shape index (κ2) is 7.83. The fourth-order valence-corrected chi connectivity index (χ4v) is 2.18. The third-order valence-corrected chi connectivity index (χ3v) is 3.49. The number of pyridine rings is 2. The van der Waals surface area contributed by atoms with Crippen molar-refractivity contribution < 1.29 is 9.59 Å². The Morgan fingerprint density at radius 2 is 1.72 bits per heavy atom. The predicted molar refractivity (Wildman–Crippen MR) is 94.0 cm³/mol. The Hall–Kier alpha value is -3.54. The summed E-state index contributed by atoms with van der Waals surface area (Å²) in [6.45, 7) is 0.381. The van der Waals surface area contributed by atoms with Crippen molar-refractivity contribution in [3.63, 3.8) is 0 Å². The molecule has 0 radical (unpaired) electrons. The van der Waals surface area contributed by atoms with Gasteiger partial charge in [-0.3, -0.25) is 19.6 Å². The summed E-state index contributed by atoms with van der Waals surface area (Å²) in [5.74, 6) is -0.445. The summed E-state index contributed by atoms with van der Waals surface area (Å²) in [6.07, 6.45) is 4.70. The highest BCUT2D eigenvalue weighted by Crippen LogP contribution is 2.11. The Morgan fingerprint density at radius 3 is 2.40 bits per heavy atom. The molecule has 0 aliphatic rings. The van der Waals surface area contributed by atoms with E-state index in [9.17, 15) is 9.59 Å². The molecule has 0 aliphatic carbocycles. The Bertz CT molecular complexity index is 850. The van der Waals surface area contributed by atoms with Gasteiger partial charge in [-0.2, -0.15) is 0 Å². The molecule has 0 bridgehead atoms. The quantitative estimate of drug-likeness (QED) is 0.752. The molecule has 3 aromatic rings. The van der Waals surface area contributed by atoms with Crippen LogP contribution in [0.25, 0.3) is 0 Å². The topological polar surface area (TPSA) is 84.0 Å². The normalized spacial score (nSPS) is 10.1. The first-order valence-corrected chi connectivity index (χ1v) is 7.72. The lowest BCUT2D eigenvalue weighted by atomic mass is 10.2. The number of aromatic nitrogens is 2. The lowest BCUT2D eigenvalue weighted by Gasteiger charge is -2.07. The smallest absolute Gasteiger partial charge is 0.270 e. The highest BCUT2D eigenvalue weighted by atomic mass is 16.2. The molecule has 0 atom stereocenters. The van der Waals surface area contributed by atoms with E-state index in [1.807, 2.05) is 12.1 Å². The van der Waals surface area contributed by atoms with Crippen LogP contribution < -0.4 is 10.6 Å². The minimum Gasteiger partial charge on any atom is -0.347 e. The fraction of sp³-hybridized carbons (Fsp3) is 0.0526. The van der Waals surface area contributed by atoms with E-state index in [1.165, 1.54) is 6.20 Å². The summed E-state index contributed by atoms with van der Waals surface area (Å²) in [5.41, 5.74) is 2.47. The maximum absolute atomic E-state index is 12.1. The molecular formula is C19H16N4O2. The second-order valence-electron chi connectivity index (χ2n) is 5.29. The van der Waals surface area contributed by atoms with Gasteiger partial charge < -0.3 is 10.6 Å². The van der Waals surface area contributed by atoms with Crippen molar-refractivity contribution in [1.29, 1.82) is 0 Å². The fourth-order valence-electron chi connectivity index (χ4n) is 2.18. The average Bonchev–Trinajstić information content (AvgIpc) is 2.68. The van der Waals surface area contributed by atoms with Crippen molar-refractivity contribution >= 4 is 17.5 Å². The molecule has 0 saturated carbocycles. The van der Waals surface area contributed by atoms with E-state index in [0.717, 1.165) is 5.56 Å². The number of anilines is 1. The van der Waals surface area contributed by atoms with E-state index in [0.29, 0.717) is 23.5 Å². The van der Waals surface area contributed by atoms with Gasteiger partial charge in [0.1, 0.15) is 5.69 Å². The molecule has 3 rings (SSSR count). The summed E-state index contributed by atoms with van der Waals surface area (Å²) < 4.78 is 0. The summed E-state index contributed by atoms with van der Waals surface area (Å²) >= 11 is 0. The van der Waals surface area contributed by atoms with Crippen molar-refractivity contribution in [2.24, 2.45) is 0 Å². The first-order valence-electron chi connectivity index (χ1n) is 7.72. The molecule has 6 heteroatoms. The molecule has 0 unspecified atom stereocenters. The van der Waals surface area contributed by atoms with E-state index in [1.54, 1.807) is 54.9 Å². The maximum Gasteiger partial charge on any atom is 0.270 e. The zero-order chi connectivity index (χ0) is 17.5. The Kier molecular flexibility index (Phi) is 5.11. The summed E-state index contributed by atoms with van der Waals surface area (Å²) in [4.78, 5) is 31.9. The van der Waals surface area contributed by atoms with Crippen molar-refractivity contribution in [3.05, 3.63) is 90.0 Å². The van der Waals surface area contributed by atoms with Crippen LogP contribution in [0.5, 0.6) is 0 Å². The summed E-state index contributed by atoms with van der Waals surface area (Å²) in [7, 11) is 0. The van der Waals surface area contributed by atoms with Gasteiger partial charge in [0.15, 0.2) is 0 Å². The van der Waals surface area contributed by atoms with Crippen molar-refractivity contribution in [2.45, 2.75) is 6.54 Å². The number of carbonyl (C=O) groups excluding carboxylic acids is 2. The van der Waals surface area contributed by atoms with Gasteiger partial charge in [0.25, 0.3) is 11.8 Å². The minimum absolute atomic E-state index is 0.218. The molecule has 2 heterocycles. The van der Waals surface area contributed by atoms with Crippen LogP contribution in [0, 0.1) is 0 Å². The van der Waals surface area contributed by atoms with Gasteiger partial charge in [-0.05, 0) is 42.0 Å². The molecule has 2 aromatic heterocycles. The first kappa shape index (κ1) is 16.3. The molecule has 0 fully saturated rings. The number of nitrogens with one attached hydrogen (secondary N) is 2. The number of hydrogen-bond acceptors (Lipinski definition) is 4. The van der Waals surface area contributed by atoms with Crippen LogP contribution in [-0.2, 0) is 6.54 Å². The summed E-state index contributed by atoms with van der Waals surface area (Å²) in [6, 6.07) is 15.9. The van der Waals surface area contributed by atoms with Crippen LogP contribution in [0.4, 0.5) is 5.69 Å². The highest BCUT2D eigenvalue weighted by Gasteiger charge is 2.07. The van der Waals surface area contributed by atoms with Crippen LogP contribution >= 0.6 is 0 Å². The van der Waals surface area contributed by atoms with E-state index in [4.69, 9.17) is 0 Å². The van der Waals surface area contributed by atoms with Gasteiger partial charge in [-0.1, -0.05) is 18.2 Å². The third kappa shape index (κ3) is 4.48. The molecule has 124 valence electrons. The lowest BCUT2D eigenvalue weighted by molar-refractivity contribution is 0.0945. The van der Waals surface area contributed by atoms with Gasteiger partial charge in [-0.25, -0.2) is 0 Å². The Balaban J connectivity index is 1.55. The van der Waals surface area contributed by atoms with Crippen molar-refractivity contribution in [3.8, 4) is 0 Å². The summed E-state index contributed by atoms with van der Waals surface area (Å²) in [5, 5.41) is 5.60. The van der Waals surface area contributed by atoms with Crippen molar-refractivity contribution in [1.82, 2.24) is 15.3 Å². The molecule has 6 nitrogen and oxygen atoms in total. The molecule has 1 aromatic carbocycles. The molecular weight excluding hydrogens is 316 g/mol. The number of nitrogens with zero attached hydrogens (tertiary/aromatic N) is 2. The average molecular weight is 332 g/mol. The van der Waals surface area contributed by atoms with Crippen LogP contribution in [0.15, 0.2) is 73.2 Å². The molecule has 25 heavy (non-hydrogen) atoms. The number of carbonyl (C=O) groups is 2. The maximum atomic E-state index is 12.1. The molecule has 0 aliphatic heterocycles. The lowest BCUT2D eigenvalue weighted by Crippen LogP contribution is -2.23. The monoisotopic (exact) mass is 332 g/mol. The SMILES string of the molecule is O=C(Nc1ccc(CNC(=O)c2ccccn2)cc1)c1cccnc1. The van der Waals surface area contributed by atoms with E-state index in [2.05, 4.69) is 20.6 Å². The number of amides is 2. The number of hydrogen-bond donors (Lipinski definition) is 2. The van der Waals surface area contributed by atoms with Crippen LogP contribution in [-0.4, -0.2) is 21.8 Å². The molecule has 0 saturated heterocycles. The third-order valence-electron chi connectivity index (χ3n) is 3.49. The number of rotatable bonds is 5. The van der Waals surface area contributed by atoms with Gasteiger partial charge in [-0.15, -0.1) is 0 Å². The van der Waals surface area contributed by atoms with Gasteiger partial charge >= 0.3 is 0 Å². The second-order valence-corrected chi connectivity index (χ2v) is 5.29. The first-order chi connectivity index (χ1) is 12.2. The molecule has 2 N–H and O–H groups in total. The van der Waals surface area contributed by atoms with Crippen LogP contribution in [0.1, 0.15) is 26.4 Å². The Morgan fingerprint density at radius 1 is 0.880 bits per heavy atom. The van der Waals surface area contributed by atoms with Crippen LogP contribution in [0.3, 0.4) is 0 Å². The highest BCUT2D eigenvalue weighted by molar-refractivity contribution is 6.04. The number of benzene rings is 1.